The van der Waals surface area contributed by atoms with Crippen molar-refractivity contribution in [1.82, 2.24) is 0 Å². The molecule has 3 rings (SSSR count). The molecule has 0 heterocycles. The molecule has 2 aliphatic carbocycles. The molecule has 0 spiro atoms. The molecule has 0 aliphatic heterocycles. The van der Waals surface area contributed by atoms with E-state index >= 15 is 0 Å². The molecule has 19 heteroatoms. The SMILES string of the molecule is CCCC1CCC(C2CCC(c3ccc(C(F)(F)C(F)(F)C(F)(F)C(F)(F)C(F)(F)C(F)(F)C(F)(F)C(F)(F)C(F)(F)F)cc3)CC2)CC1. The Morgan fingerprint density at radius 1 is 0.449 bits per heavy atom. The molecule has 0 unspecified atom stereocenters. The molecule has 0 aromatic heterocycles. The summed E-state index contributed by atoms with van der Waals surface area (Å²) in [6, 6.07) is 1.50. The summed E-state index contributed by atoms with van der Waals surface area (Å²) in [5, 5.41) is 0. The number of rotatable bonds is 12. The van der Waals surface area contributed by atoms with Gasteiger partial charge in [-0.2, -0.15) is 83.4 Å². The van der Waals surface area contributed by atoms with Gasteiger partial charge in [-0.1, -0.05) is 56.9 Å². The lowest BCUT2D eigenvalue weighted by Crippen LogP contribution is -2.75. The standard InChI is InChI=1S/C30H31F19/c1-2-3-16-4-6-17(7-5-16)18-8-10-19(11-9-18)20-12-14-21(15-13-20)22(31,32)23(33,34)24(35,36)25(37,38)26(39,40)27(41,42)28(43,44)29(45,46)30(47,48)49/h12-19H,2-11H2,1H3. The topological polar surface area (TPSA) is 0 Å². The van der Waals surface area contributed by atoms with Crippen molar-refractivity contribution in [2.24, 2.45) is 17.8 Å². The normalized spacial score (nSPS) is 24.7. The number of hydrogen-bond donors (Lipinski definition) is 0. The van der Waals surface area contributed by atoms with E-state index in [1.54, 1.807) is 0 Å². The number of hydrogen-bond acceptors (Lipinski definition) is 0. The van der Waals surface area contributed by atoms with Crippen LogP contribution in [0.1, 0.15) is 88.2 Å². The molecule has 2 saturated carbocycles. The summed E-state index contributed by atoms with van der Waals surface area (Å²) in [4.78, 5) is 0. The molecule has 284 valence electrons. The molecular formula is C30H31F19. The van der Waals surface area contributed by atoms with Crippen molar-refractivity contribution >= 4 is 0 Å². The van der Waals surface area contributed by atoms with E-state index in [4.69, 9.17) is 0 Å². The van der Waals surface area contributed by atoms with Gasteiger partial charge in [-0.05, 0) is 67.8 Å². The monoisotopic (exact) mass is 752 g/mol. The maximum Gasteiger partial charge on any atom is 0.460 e. The molecule has 2 fully saturated rings. The van der Waals surface area contributed by atoms with Crippen molar-refractivity contribution in [2.75, 3.05) is 0 Å². The van der Waals surface area contributed by atoms with Crippen LogP contribution >= 0.6 is 0 Å². The maximum absolute atomic E-state index is 14.7. The van der Waals surface area contributed by atoms with Crippen molar-refractivity contribution in [3.63, 3.8) is 0 Å². The first-order chi connectivity index (χ1) is 22.0. The van der Waals surface area contributed by atoms with Crippen LogP contribution < -0.4 is 0 Å². The first-order valence-electron chi connectivity index (χ1n) is 15.2. The lowest BCUT2D eigenvalue weighted by Gasteiger charge is -2.43. The Balaban J connectivity index is 1.82. The molecule has 1 aromatic carbocycles. The van der Waals surface area contributed by atoms with Gasteiger partial charge in [-0.15, -0.1) is 0 Å². The Labute approximate surface area is 267 Å². The summed E-state index contributed by atoms with van der Waals surface area (Å²) in [6.07, 6.45) is 0.963. The molecular weight excluding hydrogens is 721 g/mol. The summed E-state index contributed by atoms with van der Waals surface area (Å²) in [6.45, 7) is 2.10. The predicted octanol–water partition coefficient (Wildman–Crippen LogP) is 12.7. The van der Waals surface area contributed by atoms with E-state index in [1.165, 1.54) is 0 Å². The highest BCUT2D eigenvalue weighted by molar-refractivity contribution is 5.31. The quantitative estimate of drug-likeness (QED) is 0.187. The molecule has 0 saturated heterocycles. The van der Waals surface area contributed by atoms with Gasteiger partial charge in [0.1, 0.15) is 0 Å². The molecule has 0 nitrogen and oxygen atoms in total. The van der Waals surface area contributed by atoms with Crippen LogP contribution in [0.3, 0.4) is 0 Å². The van der Waals surface area contributed by atoms with Crippen LogP contribution in [0, 0.1) is 17.8 Å². The average molecular weight is 753 g/mol. The highest BCUT2D eigenvalue weighted by atomic mass is 19.4. The summed E-state index contributed by atoms with van der Waals surface area (Å²) in [5.74, 6) is -65.5. The van der Waals surface area contributed by atoms with Gasteiger partial charge in [0.05, 0.1) is 0 Å². The van der Waals surface area contributed by atoms with E-state index < -0.39 is 59.1 Å². The van der Waals surface area contributed by atoms with Gasteiger partial charge in [0.15, 0.2) is 0 Å². The van der Waals surface area contributed by atoms with E-state index in [0.717, 1.165) is 50.7 Å². The third-order valence-electron chi connectivity index (χ3n) is 9.89. The first kappa shape index (κ1) is 41.3. The lowest BCUT2D eigenvalue weighted by molar-refractivity contribution is -0.469. The van der Waals surface area contributed by atoms with E-state index in [9.17, 15) is 83.4 Å². The zero-order chi connectivity index (χ0) is 37.9. The third kappa shape index (κ3) is 6.47. The molecule has 1 aromatic rings. The molecule has 0 amide bonds. The van der Waals surface area contributed by atoms with Crippen molar-refractivity contribution in [3.05, 3.63) is 35.4 Å². The number of alkyl halides is 19. The minimum atomic E-state index is -8.92. The summed E-state index contributed by atoms with van der Waals surface area (Å²) < 4.78 is 260. The highest BCUT2D eigenvalue weighted by Crippen LogP contribution is 2.66. The van der Waals surface area contributed by atoms with Crippen LogP contribution in [-0.4, -0.2) is 47.6 Å². The zero-order valence-corrected chi connectivity index (χ0v) is 25.4. The van der Waals surface area contributed by atoms with Crippen LogP contribution in [0.25, 0.3) is 0 Å². The van der Waals surface area contributed by atoms with Crippen LogP contribution in [0.15, 0.2) is 24.3 Å². The van der Waals surface area contributed by atoms with Crippen molar-refractivity contribution in [1.29, 1.82) is 0 Å². The Morgan fingerprint density at radius 3 is 1.16 bits per heavy atom. The average Bonchev–Trinajstić information content (AvgIpc) is 3.00. The highest BCUT2D eigenvalue weighted by Gasteiger charge is 2.96. The Kier molecular flexibility index (Phi) is 11.1. The largest absolute Gasteiger partial charge is 0.460 e. The van der Waals surface area contributed by atoms with Crippen LogP contribution in [0.2, 0.25) is 0 Å². The summed E-state index contributed by atoms with van der Waals surface area (Å²) in [5.41, 5.74) is -2.04. The van der Waals surface area contributed by atoms with Gasteiger partial charge in [0.25, 0.3) is 0 Å². The van der Waals surface area contributed by atoms with E-state index in [2.05, 4.69) is 6.92 Å². The second kappa shape index (κ2) is 13.1. The molecule has 0 atom stereocenters. The molecule has 0 N–H and O–H groups in total. The molecule has 0 radical (unpaired) electrons. The minimum absolute atomic E-state index is 0.0311. The smallest absolute Gasteiger partial charge is 0.194 e. The second-order valence-electron chi connectivity index (χ2n) is 12.9. The number of benzene rings is 1. The van der Waals surface area contributed by atoms with E-state index in [0.29, 0.717) is 43.4 Å². The zero-order valence-electron chi connectivity index (χ0n) is 25.4. The Bertz CT molecular complexity index is 1250. The lowest BCUT2D eigenvalue weighted by atomic mass is 9.68. The third-order valence-corrected chi connectivity index (χ3v) is 9.89. The minimum Gasteiger partial charge on any atom is -0.194 e. The van der Waals surface area contributed by atoms with Crippen LogP contribution in [-0.2, 0) is 5.92 Å². The van der Waals surface area contributed by atoms with Crippen LogP contribution in [0.5, 0.6) is 0 Å². The van der Waals surface area contributed by atoms with Gasteiger partial charge < -0.3 is 0 Å². The van der Waals surface area contributed by atoms with Gasteiger partial charge in [0, 0.05) is 5.56 Å². The Hall–Kier alpha value is -2.11. The number of halogens is 19. The van der Waals surface area contributed by atoms with Gasteiger partial charge in [-0.3, -0.25) is 0 Å². The molecule has 0 bridgehead atoms. The fraction of sp³-hybridized carbons (Fsp3) is 0.800. The van der Waals surface area contributed by atoms with Gasteiger partial charge in [0.2, 0.25) is 0 Å². The predicted molar refractivity (Wildman–Crippen MR) is 136 cm³/mol. The van der Waals surface area contributed by atoms with Gasteiger partial charge in [-0.25, -0.2) is 0 Å². The van der Waals surface area contributed by atoms with Crippen LogP contribution in [0.4, 0.5) is 83.4 Å². The van der Waals surface area contributed by atoms with Gasteiger partial charge >= 0.3 is 53.6 Å². The first-order valence-corrected chi connectivity index (χ1v) is 15.2. The fourth-order valence-corrected chi connectivity index (χ4v) is 6.79. The summed E-state index contributed by atoms with van der Waals surface area (Å²) >= 11 is 0. The second-order valence-corrected chi connectivity index (χ2v) is 12.9. The van der Waals surface area contributed by atoms with Crippen molar-refractivity contribution < 1.29 is 83.4 Å². The van der Waals surface area contributed by atoms with E-state index in [-0.39, 0.29) is 23.6 Å². The van der Waals surface area contributed by atoms with E-state index in [1.807, 2.05) is 0 Å². The molecule has 49 heavy (non-hydrogen) atoms. The fourth-order valence-electron chi connectivity index (χ4n) is 6.79. The Morgan fingerprint density at radius 2 is 0.796 bits per heavy atom. The summed E-state index contributed by atoms with van der Waals surface area (Å²) in [7, 11) is 0. The molecule has 2 aliphatic rings. The maximum atomic E-state index is 14.7. The van der Waals surface area contributed by atoms with Crippen molar-refractivity contribution in [3.8, 4) is 0 Å². The van der Waals surface area contributed by atoms with Crippen molar-refractivity contribution in [2.45, 2.75) is 131 Å².